The van der Waals surface area contributed by atoms with Gasteiger partial charge in [-0.3, -0.25) is 19.7 Å². The fraction of sp³-hybridized carbons (Fsp3) is 0.654. The van der Waals surface area contributed by atoms with Crippen molar-refractivity contribution < 1.29 is 14.4 Å². The molecule has 6 heteroatoms. The van der Waals surface area contributed by atoms with Crippen LogP contribution in [0.5, 0.6) is 0 Å². The summed E-state index contributed by atoms with van der Waals surface area (Å²) in [7, 11) is 0. The predicted molar refractivity (Wildman–Crippen MR) is 122 cm³/mol. The molecular formula is C26H35N3O3. The van der Waals surface area contributed by atoms with Gasteiger partial charge in [0.15, 0.2) is 0 Å². The number of amides is 3. The normalized spacial score (nSPS) is 29.8. The molecule has 1 saturated carbocycles. The van der Waals surface area contributed by atoms with Gasteiger partial charge in [0.25, 0.3) is 5.91 Å². The van der Waals surface area contributed by atoms with Crippen LogP contribution in [0.25, 0.3) is 0 Å². The van der Waals surface area contributed by atoms with Crippen LogP contribution in [0.4, 0.5) is 0 Å². The molecule has 32 heavy (non-hydrogen) atoms. The highest BCUT2D eigenvalue weighted by Crippen LogP contribution is 2.35. The molecule has 2 saturated heterocycles. The third kappa shape index (κ3) is 4.34. The Balaban J connectivity index is 1.19. The summed E-state index contributed by atoms with van der Waals surface area (Å²) in [5, 5.41) is 2.38. The Bertz CT molecular complexity index is 898. The second-order valence-electron chi connectivity index (χ2n) is 10.5. The third-order valence-electron chi connectivity index (χ3n) is 8.26. The molecule has 4 aliphatic rings. The zero-order valence-electron chi connectivity index (χ0n) is 19.1. The summed E-state index contributed by atoms with van der Waals surface area (Å²) in [6, 6.07) is 5.73. The van der Waals surface area contributed by atoms with E-state index < -0.39 is 6.04 Å². The summed E-state index contributed by atoms with van der Waals surface area (Å²) in [5.41, 5.74) is 3.06. The number of carbonyl (C=O) groups excluding carboxylic acids is 3. The Morgan fingerprint density at radius 2 is 1.72 bits per heavy atom. The predicted octanol–water partition coefficient (Wildman–Crippen LogP) is 3.45. The molecule has 3 heterocycles. The first kappa shape index (κ1) is 21.6. The van der Waals surface area contributed by atoms with Gasteiger partial charge in [-0.2, -0.15) is 0 Å². The van der Waals surface area contributed by atoms with E-state index in [9.17, 15) is 14.4 Å². The van der Waals surface area contributed by atoms with Crippen LogP contribution in [-0.2, 0) is 16.1 Å². The van der Waals surface area contributed by atoms with E-state index in [1.165, 1.54) is 50.6 Å². The summed E-state index contributed by atoms with van der Waals surface area (Å²) in [6.07, 6.45) is 8.62. The van der Waals surface area contributed by atoms with E-state index in [0.29, 0.717) is 30.9 Å². The van der Waals surface area contributed by atoms with Gasteiger partial charge < -0.3 is 9.80 Å². The number of fused-ring (bicyclic) bond motifs is 1. The average Bonchev–Trinajstić information content (AvgIpc) is 3.11. The number of nitrogens with zero attached hydrogens (tertiary/aromatic N) is 2. The van der Waals surface area contributed by atoms with Crippen LogP contribution >= 0.6 is 0 Å². The van der Waals surface area contributed by atoms with Gasteiger partial charge in [-0.1, -0.05) is 31.9 Å². The van der Waals surface area contributed by atoms with Crippen molar-refractivity contribution in [1.82, 2.24) is 15.1 Å². The van der Waals surface area contributed by atoms with Gasteiger partial charge in [-0.05, 0) is 80.1 Å². The van der Waals surface area contributed by atoms with Gasteiger partial charge in [-0.15, -0.1) is 0 Å². The fourth-order valence-electron chi connectivity index (χ4n) is 6.17. The number of imide groups is 1. The molecule has 0 spiro atoms. The lowest BCUT2D eigenvalue weighted by molar-refractivity contribution is -0.136. The molecule has 1 atom stereocenters. The minimum absolute atomic E-state index is 0.0855. The summed E-state index contributed by atoms with van der Waals surface area (Å²) < 4.78 is 0. The molecular weight excluding hydrogens is 402 g/mol. The van der Waals surface area contributed by atoms with E-state index in [1.807, 2.05) is 6.07 Å². The van der Waals surface area contributed by atoms with Crippen LogP contribution in [0.2, 0.25) is 0 Å². The minimum atomic E-state index is -0.540. The molecule has 1 N–H and O–H groups in total. The van der Waals surface area contributed by atoms with E-state index >= 15 is 0 Å². The van der Waals surface area contributed by atoms with Gasteiger partial charge in [0.2, 0.25) is 11.8 Å². The minimum Gasteiger partial charge on any atom is -0.322 e. The Morgan fingerprint density at radius 3 is 2.44 bits per heavy atom. The fourth-order valence-corrected chi connectivity index (χ4v) is 6.17. The monoisotopic (exact) mass is 437 g/mol. The highest BCUT2D eigenvalue weighted by Gasteiger charge is 2.39. The molecule has 3 aliphatic heterocycles. The van der Waals surface area contributed by atoms with Crippen LogP contribution in [-0.4, -0.2) is 53.2 Å². The number of hydrogen-bond acceptors (Lipinski definition) is 4. The molecule has 1 aromatic rings. The van der Waals surface area contributed by atoms with Crippen LogP contribution in [0, 0.1) is 11.8 Å². The molecule has 0 radical (unpaired) electrons. The molecule has 1 unspecified atom stereocenters. The van der Waals surface area contributed by atoms with E-state index in [4.69, 9.17) is 0 Å². The number of rotatable bonds is 4. The SMILES string of the molecule is C[C@H]1CC[C@H](CN2CCC(c3ccc4c(c3)CN(C3CCC(=O)NC3=O)C4=O)CC2)CC1. The molecule has 172 valence electrons. The summed E-state index contributed by atoms with van der Waals surface area (Å²) in [6.45, 7) is 6.44. The molecule has 0 aromatic heterocycles. The standard InChI is InChI=1S/C26H35N3O3/c1-17-2-4-18(5-3-17)15-28-12-10-19(11-13-28)20-6-7-22-21(14-20)16-29(26(22)32)23-8-9-24(30)27-25(23)31/h6-7,14,17-19,23H,2-5,8-13,15-16H2,1H3,(H,27,30,31)/t17-,18-,23?. The Labute approximate surface area is 190 Å². The number of benzene rings is 1. The van der Waals surface area contributed by atoms with E-state index in [1.54, 1.807) is 4.90 Å². The van der Waals surface area contributed by atoms with Gasteiger partial charge in [-0.25, -0.2) is 0 Å². The highest BCUT2D eigenvalue weighted by molar-refractivity contribution is 6.05. The lowest BCUT2D eigenvalue weighted by Crippen LogP contribution is -2.52. The Kier molecular flexibility index (Phi) is 6.06. The molecule has 5 rings (SSSR count). The first-order chi connectivity index (χ1) is 15.5. The van der Waals surface area contributed by atoms with Crippen LogP contribution in [0.1, 0.15) is 85.7 Å². The maximum Gasteiger partial charge on any atom is 0.255 e. The molecule has 6 nitrogen and oxygen atoms in total. The number of piperidine rings is 2. The topological polar surface area (TPSA) is 69.7 Å². The van der Waals surface area contributed by atoms with Crippen molar-refractivity contribution in [2.45, 2.75) is 76.8 Å². The Morgan fingerprint density at radius 1 is 0.969 bits per heavy atom. The largest absolute Gasteiger partial charge is 0.322 e. The summed E-state index contributed by atoms with van der Waals surface area (Å²) in [4.78, 5) is 40.9. The van der Waals surface area contributed by atoms with Crippen molar-refractivity contribution >= 4 is 17.7 Å². The highest BCUT2D eigenvalue weighted by atomic mass is 16.2. The quantitative estimate of drug-likeness (QED) is 0.733. The molecule has 1 aromatic carbocycles. The zero-order valence-corrected chi connectivity index (χ0v) is 19.1. The number of carbonyl (C=O) groups is 3. The molecule has 3 amide bonds. The lowest BCUT2D eigenvalue weighted by atomic mass is 9.82. The second kappa shape index (κ2) is 8.97. The maximum atomic E-state index is 12.9. The number of hydrogen-bond donors (Lipinski definition) is 1. The van der Waals surface area contributed by atoms with Crippen molar-refractivity contribution in [1.29, 1.82) is 0 Å². The Hall–Kier alpha value is -2.21. The number of nitrogens with one attached hydrogen (secondary N) is 1. The van der Waals surface area contributed by atoms with Gasteiger partial charge in [0, 0.05) is 25.1 Å². The van der Waals surface area contributed by atoms with Gasteiger partial charge >= 0.3 is 0 Å². The zero-order chi connectivity index (χ0) is 22.2. The van der Waals surface area contributed by atoms with E-state index in [-0.39, 0.29) is 17.7 Å². The van der Waals surface area contributed by atoms with Crippen molar-refractivity contribution in [3.8, 4) is 0 Å². The number of likely N-dealkylation sites (tertiary alicyclic amines) is 1. The van der Waals surface area contributed by atoms with Crippen LogP contribution < -0.4 is 5.32 Å². The average molecular weight is 438 g/mol. The third-order valence-corrected chi connectivity index (χ3v) is 8.26. The van der Waals surface area contributed by atoms with Crippen molar-refractivity contribution in [2.24, 2.45) is 11.8 Å². The van der Waals surface area contributed by atoms with E-state index in [2.05, 4.69) is 29.3 Å². The second-order valence-corrected chi connectivity index (χ2v) is 10.5. The van der Waals surface area contributed by atoms with E-state index in [0.717, 1.165) is 30.5 Å². The van der Waals surface area contributed by atoms with Crippen LogP contribution in [0.3, 0.4) is 0 Å². The first-order valence-electron chi connectivity index (χ1n) is 12.5. The molecule has 3 fully saturated rings. The van der Waals surface area contributed by atoms with Crippen molar-refractivity contribution in [3.63, 3.8) is 0 Å². The molecule has 1 aliphatic carbocycles. The summed E-state index contributed by atoms with van der Waals surface area (Å²) >= 11 is 0. The smallest absolute Gasteiger partial charge is 0.255 e. The van der Waals surface area contributed by atoms with Crippen molar-refractivity contribution in [2.75, 3.05) is 19.6 Å². The van der Waals surface area contributed by atoms with Crippen molar-refractivity contribution in [3.05, 3.63) is 34.9 Å². The lowest BCUT2D eigenvalue weighted by Gasteiger charge is -2.36. The van der Waals surface area contributed by atoms with Gasteiger partial charge in [0.1, 0.15) is 6.04 Å². The van der Waals surface area contributed by atoms with Gasteiger partial charge in [0.05, 0.1) is 0 Å². The maximum absolute atomic E-state index is 12.9. The molecule has 0 bridgehead atoms. The summed E-state index contributed by atoms with van der Waals surface area (Å²) in [5.74, 6) is 1.66. The first-order valence-corrected chi connectivity index (χ1v) is 12.5. The van der Waals surface area contributed by atoms with Crippen LogP contribution in [0.15, 0.2) is 18.2 Å².